The zero-order valence-corrected chi connectivity index (χ0v) is 23.5. The first-order chi connectivity index (χ1) is 18.3. The summed E-state index contributed by atoms with van der Waals surface area (Å²) >= 11 is 0. The minimum Gasteiger partial charge on any atom is -0.388 e. The molecule has 0 aliphatic carbocycles. The van der Waals surface area contributed by atoms with Gasteiger partial charge in [-0.1, -0.05) is 57.0 Å². The number of ether oxygens (including phenoxy) is 8. The maximum Gasteiger partial charge on any atom is 0.187 e. The molecule has 9 atom stereocenters. The van der Waals surface area contributed by atoms with Gasteiger partial charge in [-0.25, -0.2) is 0 Å². The lowest BCUT2D eigenvalue weighted by molar-refractivity contribution is -0.372. The zero-order chi connectivity index (χ0) is 27.1. The summed E-state index contributed by atoms with van der Waals surface area (Å²) in [6.45, 7) is 11.3. The molecule has 1 aromatic carbocycles. The molecular formula is C29H46O9. The number of fused-ring (bicyclic) bond motifs is 1. The molecule has 0 amide bonds. The van der Waals surface area contributed by atoms with Crippen LogP contribution in [0.4, 0.5) is 0 Å². The van der Waals surface area contributed by atoms with Gasteiger partial charge in [0, 0.05) is 18.8 Å². The predicted octanol–water partition coefficient (Wildman–Crippen LogP) is 4.11. The van der Waals surface area contributed by atoms with Gasteiger partial charge in [-0.3, -0.25) is 0 Å². The summed E-state index contributed by atoms with van der Waals surface area (Å²) in [6, 6.07) is 9.87. The van der Waals surface area contributed by atoms with Crippen LogP contribution in [-0.2, 0) is 37.9 Å². The van der Waals surface area contributed by atoms with E-state index in [9.17, 15) is 5.11 Å². The van der Waals surface area contributed by atoms with Crippen LogP contribution >= 0.6 is 0 Å². The standard InChI is InChI=1S/C29H46O9/c1-6-8-15-31-25-24-22(18-34-27(36-24)20-13-11-10-12-14-20)35-28(26(25)32-16-9-7-2)33-17-21(30)23-19(3)37-29(4,5)38-23/h10-14,19,21-28,30H,6-9,15-18H2,1-5H3/t19-,21+,22?,23-,24?,25?,26?,27?,28?/m1/s1. The first-order valence-corrected chi connectivity index (χ1v) is 14.2. The van der Waals surface area contributed by atoms with Crippen LogP contribution in [0.1, 0.15) is 72.2 Å². The molecule has 0 bridgehead atoms. The zero-order valence-electron chi connectivity index (χ0n) is 23.5. The molecule has 9 nitrogen and oxygen atoms in total. The van der Waals surface area contributed by atoms with E-state index in [1.54, 1.807) is 0 Å². The number of aliphatic hydroxyl groups excluding tert-OH is 1. The Labute approximate surface area is 227 Å². The molecule has 0 radical (unpaired) electrons. The van der Waals surface area contributed by atoms with Crippen molar-refractivity contribution in [1.82, 2.24) is 0 Å². The maximum absolute atomic E-state index is 10.9. The number of unbranched alkanes of at least 4 members (excludes halogenated alkanes) is 2. The second-order valence-corrected chi connectivity index (χ2v) is 10.8. The Morgan fingerprint density at radius 1 is 0.947 bits per heavy atom. The Hall–Kier alpha value is -1.14. The molecule has 9 heteroatoms. The molecule has 1 N–H and O–H groups in total. The third-order valence-corrected chi connectivity index (χ3v) is 7.13. The monoisotopic (exact) mass is 538 g/mol. The molecule has 3 heterocycles. The maximum atomic E-state index is 10.9. The quantitative estimate of drug-likeness (QED) is 0.372. The van der Waals surface area contributed by atoms with Crippen LogP contribution in [0, 0.1) is 0 Å². The SMILES string of the molecule is CCCCOC1C(OC[C@H](O)[C@@H]2OC(C)(C)O[C@@H]2C)OC2COC(c3ccccc3)OC2C1OCCCC. The van der Waals surface area contributed by atoms with Crippen molar-refractivity contribution >= 4 is 0 Å². The van der Waals surface area contributed by atoms with Gasteiger partial charge in [0.25, 0.3) is 0 Å². The number of hydrogen-bond acceptors (Lipinski definition) is 9. The first-order valence-electron chi connectivity index (χ1n) is 14.2. The normalized spacial score (nSPS) is 35.6. The van der Waals surface area contributed by atoms with Crippen LogP contribution < -0.4 is 0 Å². The number of hydrogen-bond donors (Lipinski definition) is 1. The van der Waals surface area contributed by atoms with Gasteiger partial charge < -0.3 is 43.0 Å². The van der Waals surface area contributed by atoms with Crippen molar-refractivity contribution in [2.75, 3.05) is 26.4 Å². The second kappa shape index (κ2) is 14.0. The largest absolute Gasteiger partial charge is 0.388 e. The Balaban J connectivity index is 1.49. The van der Waals surface area contributed by atoms with Crippen LogP contribution in [0.3, 0.4) is 0 Å². The minimum atomic E-state index is -0.898. The van der Waals surface area contributed by atoms with Crippen LogP contribution in [0.2, 0.25) is 0 Å². The van der Waals surface area contributed by atoms with Gasteiger partial charge in [0.1, 0.15) is 36.6 Å². The first kappa shape index (κ1) is 29.8. The van der Waals surface area contributed by atoms with Crippen LogP contribution in [0.25, 0.3) is 0 Å². The van der Waals surface area contributed by atoms with Gasteiger partial charge in [-0.15, -0.1) is 0 Å². The summed E-state index contributed by atoms with van der Waals surface area (Å²) < 4.78 is 49.6. The molecule has 0 saturated carbocycles. The lowest BCUT2D eigenvalue weighted by Crippen LogP contribution is -2.64. The van der Waals surface area contributed by atoms with Gasteiger partial charge in [-0.2, -0.15) is 0 Å². The van der Waals surface area contributed by atoms with Gasteiger partial charge >= 0.3 is 0 Å². The van der Waals surface area contributed by atoms with Crippen molar-refractivity contribution in [2.24, 2.45) is 0 Å². The second-order valence-electron chi connectivity index (χ2n) is 10.8. The molecule has 4 rings (SSSR count). The summed E-state index contributed by atoms with van der Waals surface area (Å²) in [7, 11) is 0. The van der Waals surface area contributed by atoms with E-state index in [-0.39, 0.29) is 12.7 Å². The Bertz CT molecular complexity index is 822. The highest BCUT2D eigenvalue weighted by Crippen LogP contribution is 2.37. The Morgan fingerprint density at radius 2 is 1.63 bits per heavy atom. The molecule has 1 aromatic rings. The Kier molecular flexibility index (Phi) is 11.0. The third-order valence-electron chi connectivity index (χ3n) is 7.13. The number of benzene rings is 1. The fourth-order valence-electron chi connectivity index (χ4n) is 5.20. The molecule has 0 spiro atoms. The van der Waals surface area contributed by atoms with Gasteiger partial charge in [0.15, 0.2) is 18.4 Å². The minimum absolute atomic E-state index is 0.000171. The van der Waals surface area contributed by atoms with Crippen molar-refractivity contribution in [3.05, 3.63) is 35.9 Å². The van der Waals surface area contributed by atoms with E-state index < -0.39 is 55.0 Å². The summed E-state index contributed by atoms with van der Waals surface area (Å²) in [5.74, 6) is -0.754. The van der Waals surface area contributed by atoms with Gasteiger partial charge in [0.2, 0.25) is 0 Å². The van der Waals surface area contributed by atoms with Crippen molar-refractivity contribution < 1.29 is 43.0 Å². The average Bonchev–Trinajstić information content (AvgIpc) is 3.20. The highest BCUT2D eigenvalue weighted by Gasteiger charge is 2.52. The summed E-state index contributed by atoms with van der Waals surface area (Å²) in [4.78, 5) is 0. The highest BCUT2D eigenvalue weighted by molar-refractivity contribution is 5.16. The van der Waals surface area contributed by atoms with E-state index in [2.05, 4.69) is 13.8 Å². The third kappa shape index (κ3) is 7.53. The van der Waals surface area contributed by atoms with Crippen molar-refractivity contribution in [1.29, 1.82) is 0 Å². The summed E-state index contributed by atoms with van der Waals surface area (Å²) in [6.07, 6.45) is -0.865. The van der Waals surface area contributed by atoms with Crippen molar-refractivity contribution in [2.45, 2.75) is 121 Å². The molecule has 3 saturated heterocycles. The van der Waals surface area contributed by atoms with E-state index in [4.69, 9.17) is 37.9 Å². The van der Waals surface area contributed by atoms with E-state index in [0.29, 0.717) is 19.8 Å². The molecule has 3 fully saturated rings. The van der Waals surface area contributed by atoms with Crippen LogP contribution in [0.15, 0.2) is 30.3 Å². The van der Waals surface area contributed by atoms with Gasteiger partial charge in [-0.05, 0) is 33.6 Å². The molecule has 3 aliphatic rings. The van der Waals surface area contributed by atoms with E-state index in [1.807, 2.05) is 51.1 Å². The van der Waals surface area contributed by atoms with Crippen LogP contribution in [-0.4, -0.2) is 86.3 Å². The van der Waals surface area contributed by atoms with E-state index in [0.717, 1.165) is 31.2 Å². The van der Waals surface area contributed by atoms with E-state index in [1.165, 1.54) is 0 Å². The molecule has 0 aromatic heterocycles. The average molecular weight is 539 g/mol. The van der Waals surface area contributed by atoms with Crippen molar-refractivity contribution in [3.8, 4) is 0 Å². The van der Waals surface area contributed by atoms with Crippen molar-refractivity contribution in [3.63, 3.8) is 0 Å². The topological polar surface area (TPSA) is 94.1 Å². The predicted molar refractivity (Wildman–Crippen MR) is 139 cm³/mol. The molecule has 38 heavy (non-hydrogen) atoms. The van der Waals surface area contributed by atoms with E-state index >= 15 is 0 Å². The Morgan fingerprint density at radius 3 is 2.26 bits per heavy atom. The fourth-order valence-corrected chi connectivity index (χ4v) is 5.20. The fraction of sp³-hybridized carbons (Fsp3) is 0.793. The number of aliphatic hydroxyl groups is 1. The van der Waals surface area contributed by atoms with Gasteiger partial charge in [0.05, 0.1) is 19.3 Å². The highest BCUT2D eigenvalue weighted by atomic mass is 16.8. The molecule has 3 aliphatic heterocycles. The molecule has 216 valence electrons. The summed E-state index contributed by atoms with van der Waals surface area (Å²) in [5.41, 5.74) is 0.944. The lowest BCUT2D eigenvalue weighted by Gasteiger charge is -2.49. The number of rotatable bonds is 13. The lowest BCUT2D eigenvalue weighted by atomic mass is 9.97. The smallest absolute Gasteiger partial charge is 0.187 e. The molecular weight excluding hydrogens is 492 g/mol. The van der Waals surface area contributed by atoms with Crippen LogP contribution in [0.5, 0.6) is 0 Å². The molecule has 6 unspecified atom stereocenters. The summed E-state index contributed by atoms with van der Waals surface area (Å²) in [5, 5.41) is 10.9.